The number of aliphatic hydroxyl groups is 2. The molecule has 1 fully saturated rings. The van der Waals surface area contributed by atoms with E-state index in [4.69, 9.17) is 10.2 Å². The maximum atomic E-state index is 8.62. The van der Waals surface area contributed by atoms with Crippen LogP contribution in [-0.2, 0) is 0 Å². The van der Waals surface area contributed by atoms with Crippen LogP contribution in [0.25, 0.3) is 0 Å². The molecule has 1 saturated carbocycles. The summed E-state index contributed by atoms with van der Waals surface area (Å²) >= 11 is 0. The Morgan fingerprint density at radius 3 is 2.70 bits per heavy atom. The van der Waals surface area contributed by atoms with E-state index in [1.165, 1.54) is 0 Å². The normalized spacial score (nSPS) is 29.0. The Kier molecular flexibility index (Phi) is 2.73. The van der Waals surface area contributed by atoms with Crippen LogP contribution in [0.2, 0.25) is 0 Å². The number of rotatable bonds is 2. The minimum atomic E-state index is 0.142. The van der Waals surface area contributed by atoms with Crippen LogP contribution in [-0.4, -0.2) is 23.4 Å². The summed E-state index contributed by atoms with van der Waals surface area (Å²) in [5.74, 6) is 6.67. The van der Waals surface area contributed by atoms with Crippen molar-refractivity contribution in [1.29, 1.82) is 0 Å². The molecule has 0 bridgehead atoms. The number of aliphatic hydroxyl groups excluding tert-OH is 2. The molecule has 2 N–H and O–H groups in total. The SMILES string of the molecule is OCCC#C[C@H]1C[C@H]1CO. The van der Waals surface area contributed by atoms with Crippen LogP contribution in [0, 0.1) is 23.7 Å². The zero-order chi connectivity index (χ0) is 7.40. The molecule has 0 aromatic rings. The van der Waals surface area contributed by atoms with Gasteiger partial charge in [-0.15, -0.1) is 5.92 Å². The van der Waals surface area contributed by atoms with Crippen molar-refractivity contribution < 1.29 is 10.2 Å². The van der Waals surface area contributed by atoms with Gasteiger partial charge in [-0.25, -0.2) is 0 Å². The van der Waals surface area contributed by atoms with E-state index < -0.39 is 0 Å². The van der Waals surface area contributed by atoms with Crippen LogP contribution in [0.5, 0.6) is 0 Å². The van der Waals surface area contributed by atoms with Gasteiger partial charge in [0.1, 0.15) is 0 Å². The van der Waals surface area contributed by atoms with E-state index in [2.05, 4.69) is 11.8 Å². The fourth-order valence-corrected chi connectivity index (χ4v) is 0.885. The van der Waals surface area contributed by atoms with Crippen LogP contribution < -0.4 is 0 Å². The highest BCUT2D eigenvalue weighted by Gasteiger charge is 2.34. The summed E-state index contributed by atoms with van der Waals surface area (Å²) in [4.78, 5) is 0. The molecule has 2 nitrogen and oxygen atoms in total. The van der Waals surface area contributed by atoms with E-state index in [9.17, 15) is 0 Å². The molecule has 0 aromatic carbocycles. The lowest BCUT2D eigenvalue weighted by atomic mass is 10.3. The van der Waals surface area contributed by atoms with E-state index >= 15 is 0 Å². The van der Waals surface area contributed by atoms with E-state index in [-0.39, 0.29) is 13.2 Å². The lowest BCUT2D eigenvalue weighted by Crippen LogP contribution is -1.85. The standard InChI is InChI=1S/C8H12O2/c9-4-2-1-3-7-5-8(7)6-10/h7-10H,2,4-6H2/t7-,8-/m0/s1. The second-order valence-electron chi connectivity index (χ2n) is 2.58. The molecule has 1 aliphatic carbocycles. The van der Waals surface area contributed by atoms with Crippen molar-refractivity contribution in [3.05, 3.63) is 0 Å². The molecule has 0 spiro atoms. The van der Waals surface area contributed by atoms with Crippen LogP contribution in [0.15, 0.2) is 0 Å². The molecule has 2 heteroatoms. The predicted octanol–water partition coefficient (Wildman–Crippen LogP) is 0.000600. The van der Waals surface area contributed by atoms with E-state index in [1.54, 1.807) is 0 Å². The third-order valence-electron chi connectivity index (χ3n) is 1.68. The van der Waals surface area contributed by atoms with Crippen LogP contribution in [0.4, 0.5) is 0 Å². The van der Waals surface area contributed by atoms with E-state index in [0.29, 0.717) is 18.3 Å². The van der Waals surface area contributed by atoms with E-state index in [0.717, 1.165) is 6.42 Å². The van der Waals surface area contributed by atoms with Gasteiger partial charge in [0, 0.05) is 18.9 Å². The van der Waals surface area contributed by atoms with Crippen molar-refractivity contribution in [3.8, 4) is 11.8 Å². The highest BCUT2D eigenvalue weighted by Crippen LogP contribution is 2.36. The molecule has 10 heavy (non-hydrogen) atoms. The minimum Gasteiger partial charge on any atom is -0.396 e. The summed E-state index contributed by atoms with van der Waals surface area (Å²) in [5, 5.41) is 17.0. The van der Waals surface area contributed by atoms with Gasteiger partial charge >= 0.3 is 0 Å². The Balaban J connectivity index is 2.12. The molecule has 0 saturated heterocycles. The zero-order valence-electron chi connectivity index (χ0n) is 5.88. The van der Waals surface area contributed by atoms with Crippen LogP contribution in [0.3, 0.4) is 0 Å². The largest absolute Gasteiger partial charge is 0.396 e. The van der Waals surface area contributed by atoms with Gasteiger partial charge in [0.25, 0.3) is 0 Å². The van der Waals surface area contributed by atoms with Crippen molar-refractivity contribution in [3.63, 3.8) is 0 Å². The Morgan fingerprint density at radius 2 is 2.20 bits per heavy atom. The Hall–Kier alpha value is -0.520. The molecule has 0 radical (unpaired) electrons. The molecule has 0 heterocycles. The van der Waals surface area contributed by atoms with Gasteiger partial charge in [-0.2, -0.15) is 0 Å². The topological polar surface area (TPSA) is 40.5 Å². The molecular weight excluding hydrogens is 128 g/mol. The third kappa shape index (κ3) is 2.02. The van der Waals surface area contributed by atoms with Crippen LogP contribution in [0.1, 0.15) is 12.8 Å². The predicted molar refractivity (Wildman–Crippen MR) is 38.2 cm³/mol. The summed E-state index contributed by atoms with van der Waals surface area (Å²) in [6, 6.07) is 0. The zero-order valence-corrected chi connectivity index (χ0v) is 5.88. The second-order valence-corrected chi connectivity index (χ2v) is 2.58. The van der Waals surface area contributed by atoms with Gasteiger partial charge in [-0.3, -0.25) is 0 Å². The monoisotopic (exact) mass is 140 g/mol. The highest BCUT2D eigenvalue weighted by molar-refractivity contribution is 5.12. The fourth-order valence-electron chi connectivity index (χ4n) is 0.885. The van der Waals surface area contributed by atoms with Crippen molar-refractivity contribution in [2.45, 2.75) is 12.8 Å². The minimum absolute atomic E-state index is 0.142. The average Bonchev–Trinajstić information content (AvgIpc) is 2.68. The van der Waals surface area contributed by atoms with Gasteiger partial charge in [0.2, 0.25) is 0 Å². The first-order valence-electron chi connectivity index (χ1n) is 3.58. The Labute approximate surface area is 60.9 Å². The lowest BCUT2D eigenvalue weighted by Gasteiger charge is -1.82. The lowest BCUT2D eigenvalue weighted by molar-refractivity contribution is 0.273. The molecule has 1 aliphatic rings. The third-order valence-corrected chi connectivity index (χ3v) is 1.68. The molecule has 1 rings (SSSR count). The van der Waals surface area contributed by atoms with Gasteiger partial charge < -0.3 is 10.2 Å². The summed E-state index contributed by atoms with van der Waals surface area (Å²) < 4.78 is 0. The molecule has 56 valence electrons. The Bertz CT molecular complexity index is 154. The molecule has 2 atom stereocenters. The maximum Gasteiger partial charge on any atom is 0.0540 e. The Morgan fingerprint density at radius 1 is 1.40 bits per heavy atom. The van der Waals surface area contributed by atoms with Gasteiger partial charge in [-0.1, -0.05) is 5.92 Å². The second kappa shape index (κ2) is 3.60. The average molecular weight is 140 g/mol. The number of hydrogen-bond donors (Lipinski definition) is 2. The first-order chi connectivity index (χ1) is 4.88. The van der Waals surface area contributed by atoms with Crippen LogP contribution >= 0.6 is 0 Å². The molecule has 0 amide bonds. The summed E-state index contributed by atoms with van der Waals surface area (Å²) in [7, 11) is 0. The van der Waals surface area contributed by atoms with Gasteiger partial charge in [0.15, 0.2) is 0 Å². The van der Waals surface area contributed by atoms with Crippen molar-refractivity contribution in [1.82, 2.24) is 0 Å². The fraction of sp³-hybridized carbons (Fsp3) is 0.750. The first kappa shape index (κ1) is 7.59. The van der Waals surface area contributed by atoms with Gasteiger partial charge in [0.05, 0.1) is 6.61 Å². The highest BCUT2D eigenvalue weighted by atomic mass is 16.3. The van der Waals surface area contributed by atoms with Crippen molar-refractivity contribution in [2.75, 3.05) is 13.2 Å². The summed E-state index contributed by atoms with van der Waals surface area (Å²) in [5.41, 5.74) is 0. The molecular formula is C8H12O2. The molecule has 0 aliphatic heterocycles. The summed E-state index contributed by atoms with van der Waals surface area (Å²) in [6.07, 6.45) is 1.60. The van der Waals surface area contributed by atoms with Crippen molar-refractivity contribution in [2.24, 2.45) is 11.8 Å². The maximum absolute atomic E-state index is 8.62. The quantitative estimate of drug-likeness (QED) is 0.530. The van der Waals surface area contributed by atoms with Gasteiger partial charge in [-0.05, 0) is 12.3 Å². The smallest absolute Gasteiger partial charge is 0.0540 e. The molecule has 0 aromatic heterocycles. The number of hydrogen-bond acceptors (Lipinski definition) is 2. The van der Waals surface area contributed by atoms with E-state index in [1.807, 2.05) is 0 Å². The first-order valence-corrected chi connectivity index (χ1v) is 3.58. The molecule has 0 unspecified atom stereocenters. The van der Waals surface area contributed by atoms with Crippen molar-refractivity contribution >= 4 is 0 Å². The summed E-state index contributed by atoms with van der Waals surface area (Å²) in [6.45, 7) is 0.405.